The van der Waals surface area contributed by atoms with Gasteiger partial charge in [-0.1, -0.05) is 13.8 Å². The van der Waals surface area contributed by atoms with E-state index in [2.05, 4.69) is 55.3 Å². The van der Waals surface area contributed by atoms with Crippen LogP contribution in [-0.2, 0) is 13.0 Å². The van der Waals surface area contributed by atoms with E-state index in [0.717, 1.165) is 61.8 Å². The molecule has 3 aromatic rings. The minimum absolute atomic E-state index is 0.284. The molecule has 1 aromatic carbocycles. The molecular formula is C22H28FN7O. The summed E-state index contributed by atoms with van der Waals surface area (Å²) in [4.78, 5) is 9.01. The number of nitrogens with one attached hydrogen (secondary N) is 1. The smallest absolute Gasteiger partial charge is 0.209 e. The summed E-state index contributed by atoms with van der Waals surface area (Å²) in [6.45, 7) is 8.27. The van der Waals surface area contributed by atoms with Crippen molar-refractivity contribution in [3.8, 4) is 17.1 Å². The van der Waals surface area contributed by atoms with Gasteiger partial charge in [0.2, 0.25) is 5.82 Å². The minimum atomic E-state index is -0.308. The van der Waals surface area contributed by atoms with Crippen molar-refractivity contribution in [2.24, 2.45) is 5.92 Å². The van der Waals surface area contributed by atoms with Crippen LogP contribution in [-0.4, -0.2) is 63.8 Å². The Bertz CT molecular complexity index is 1000. The highest BCUT2D eigenvalue weighted by atomic mass is 19.1. The number of benzene rings is 1. The molecule has 1 N–H and O–H groups in total. The highest BCUT2D eigenvalue weighted by Crippen LogP contribution is 2.34. The first-order valence-electron chi connectivity index (χ1n) is 10.6. The van der Waals surface area contributed by atoms with E-state index in [4.69, 9.17) is 4.74 Å². The molecular weight excluding hydrogens is 397 g/mol. The molecule has 0 bridgehead atoms. The lowest BCUT2D eigenvalue weighted by molar-refractivity contribution is 0.246. The van der Waals surface area contributed by atoms with Gasteiger partial charge in [-0.05, 0) is 41.3 Å². The number of methoxy groups -OCH3 is 1. The molecule has 1 saturated heterocycles. The summed E-state index contributed by atoms with van der Waals surface area (Å²) in [6.07, 6.45) is 2.59. The molecule has 0 radical (unpaired) electrons. The first-order valence-corrected chi connectivity index (χ1v) is 10.6. The third-order valence-electron chi connectivity index (χ3n) is 5.46. The maximum Gasteiger partial charge on any atom is 0.209 e. The van der Waals surface area contributed by atoms with Gasteiger partial charge in [-0.3, -0.25) is 9.88 Å². The van der Waals surface area contributed by atoms with Gasteiger partial charge in [0.1, 0.15) is 11.6 Å². The molecule has 1 aliphatic heterocycles. The first kappa shape index (κ1) is 21.2. The van der Waals surface area contributed by atoms with Crippen molar-refractivity contribution in [2.75, 3.05) is 38.2 Å². The second-order valence-corrected chi connectivity index (χ2v) is 8.26. The van der Waals surface area contributed by atoms with Crippen LogP contribution in [0.4, 0.5) is 10.1 Å². The van der Waals surface area contributed by atoms with Crippen LogP contribution in [0.15, 0.2) is 30.5 Å². The quantitative estimate of drug-likeness (QED) is 0.623. The number of nitrogens with zero attached hydrogens (tertiary/aromatic N) is 6. The van der Waals surface area contributed by atoms with Gasteiger partial charge in [0.05, 0.1) is 24.1 Å². The molecule has 0 atom stereocenters. The molecule has 8 nitrogen and oxygen atoms in total. The van der Waals surface area contributed by atoms with E-state index >= 15 is 4.39 Å². The maximum atomic E-state index is 15.1. The third kappa shape index (κ3) is 4.99. The highest BCUT2D eigenvalue weighted by molar-refractivity contribution is 5.75. The molecule has 0 aliphatic carbocycles. The standard InChI is InChI=1S/C22H28FN7O/c1-15(2)10-16-11-19(23)21(22-25-27-28-26-22)20(12-16)30-8-6-29(7-9-30)14-17-13-18(31-3)4-5-24-17/h4-5,11-13,15H,6-10,14H2,1-3H3,(H,25,26,27,28). The van der Waals surface area contributed by atoms with Crippen molar-refractivity contribution < 1.29 is 9.13 Å². The largest absolute Gasteiger partial charge is 0.497 e. The Morgan fingerprint density at radius 1 is 1.16 bits per heavy atom. The van der Waals surface area contributed by atoms with Crippen molar-refractivity contribution in [3.63, 3.8) is 0 Å². The van der Waals surface area contributed by atoms with Crippen molar-refractivity contribution in [1.82, 2.24) is 30.5 Å². The van der Waals surface area contributed by atoms with Crippen molar-refractivity contribution in [3.05, 3.63) is 47.5 Å². The van der Waals surface area contributed by atoms with E-state index in [9.17, 15) is 0 Å². The SMILES string of the molecule is COc1ccnc(CN2CCN(c3cc(CC(C)C)cc(F)c3-c3nn[nH]n3)CC2)c1. The van der Waals surface area contributed by atoms with E-state index < -0.39 is 0 Å². The fourth-order valence-electron chi connectivity index (χ4n) is 4.02. The van der Waals surface area contributed by atoms with Crippen LogP contribution in [0.2, 0.25) is 0 Å². The number of aromatic amines is 1. The molecule has 1 fully saturated rings. The average Bonchev–Trinajstić information content (AvgIpc) is 3.28. The predicted molar refractivity (Wildman–Crippen MR) is 116 cm³/mol. The van der Waals surface area contributed by atoms with Crippen LogP contribution in [0, 0.1) is 11.7 Å². The van der Waals surface area contributed by atoms with Gasteiger partial charge in [-0.2, -0.15) is 5.21 Å². The number of halogens is 1. The fraction of sp³-hybridized carbons (Fsp3) is 0.455. The van der Waals surface area contributed by atoms with Gasteiger partial charge in [-0.25, -0.2) is 4.39 Å². The van der Waals surface area contributed by atoms with Crippen LogP contribution >= 0.6 is 0 Å². The number of pyridine rings is 1. The molecule has 3 heterocycles. The summed E-state index contributed by atoms with van der Waals surface area (Å²) < 4.78 is 20.4. The third-order valence-corrected chi connectivity index (χ3v) is 5.46. The molecule has 0 unspecified atom stereocenters. The van der Waals surface area contributed by atoms with Gasteiger partial charge < -0.3 is 9.64 Å². The summed E-state index contributed by atoms with van der Waals surface area (Å²) in [5, 5.41) is 14.1. The normalized spacial score (nSPS) is 14.9. The van der Waals surface area contributed by atoms with Gasteiger partial charge in [-0.15, -0.1) is 10.2 Å². The number of ether oxygens (including phenoxy) is 1. The number of hydrogen-bond acceptors (Lipinski definition) is 7. The molecule has 0 saturated carbocycles. The second kappa shape index (κ2) is 9.38. The van der Waals surface area contributed by atoms with Gasteiger partial charge in [0.15, 0.2) is 0 Å². The molecule has 1 aliphatic rings. The molecule has 0 amide bonds. The zero-order chi connectivity index (χ0) is 21.8. The van der Waals surface area contributed by atoms with Crippen LogP contribution < -0.4 is 9.64 Å². The monoisotopic (exact) mass is 425 g/mol. The fourth-order valence-corrected chi connectivity index (χ4v) is 4.02. The molecule has 0 spiro atoms. The number of anilines is 1. The van der Waals surface area contributed by atoms with E-state index in [-0.39, 0.29) is 11.6 Å². The minimum Gasteiger partial charge on any atom is -0.497 e. The van der Waals surface area contributed by atoms with Crippen molar-refractivity contribution in [2.45, 2.75) is 26.8 Å². The molecule has 2 aromatic heterocycles. The lowest BCUT2D eigenvalue weighted by Gasteiger charge is -2.37. The van der Waals surface area contributed by atoms with Crippen LogP contribution in [0.1, 0.15) is 25.1 Å². The number of rotatable bonds is 7. The number of H-pyrrole nitrogens is 1. The Kier molecular flexibility index (Phi) is 6.41. The van der Waals surface area contributed by atoms with Crippen molar-refractivity contribution >= 4 is 5.69 Å². The summed E-state index contributed by atoms with van der Waals surface area (Å²) >= 11 is 0. The summed E-state index contributed by atoms with van der Waals surface area (Å²) in [5.74, 6) is 1.23. The number of tetrazole rings is 1. The summed E-state index contributed by atoms with van der Waals surface area (Å²) in [7, 11) is 1.66. The topological polar surface area (TPSA) is 83.1 Å². The summed E-state index contributed by atoms with van der Waals surface area (Å²) in [6, 6.07) is 7.49. The van der Waals surface area contributed by atoms with Crippen LogP contribution in [0.25, 0.3) is 11.4 Å². The maximum absolute atomic E-state index is 15.1. The molecule has 9 heteroatoms. The van der Waals surface area contributed by atoms with Gasteiger partial charge in [0.25, 0.3) is 0 Å². The Morgan fingerprint density at radius 2 is 1.97 bits per heavy atom. The van der Waals surface area contributed by atoms with Gasteiger partial charge >= 0.3 is 0 Å². The number of hydrogen-bond donors (Lipinski definition) is 1. The second-order valence-electron chi connectivity index (χ2n) is 8.26. The van der Waals surface area contributed by atoms with E-state index in [1.807, 2.05) is 12.1 Å². The van der Waals surface area contributed by atoms with E-state index in [1.54, 1.807) is 19.4 Å². The lowest BCUT2D eigenvalue weighted by atomic mass is 9.98. The average molecular weight is 426 g/mol. The highest BCUT2D eigenvalue weighted by Gasteiger charge is 2.25. The Morgan fingerprint density at radius 3 is 2.65 bits per heavy atom. The number of aromatic nitrogens is 5. The lowest BCUT2D eigenvalue weighted by Crippen LogP contribution is -2.46. The van der Waals surface area contributed by atoms with Crippen molar-refractivity contribution in [1.29, 1.82) is 0 Å². The summed E-state index contributed by atoms with van der Waals surface area (Å²) in [5.41, 5.74) is 3.20. The van der Waals surface area contributed by atoms with E-state index in [1.165, 1.54) is 0 Å². The van der Waals surface area contributed by atoms with Crippen LogP contribution in [0.5, 0.6) is 5.75 Å². The van der Waals surface area contributed by atoms with Crippen LogP contribution in [0.3, 0.4) is 0 Å². The zero-order valence-electron chi connectivity index (χ0n) is 18.2. The predicted octanol–water partition coefficient (Wildman–Crippen LogP) is 2.93. The first-order chi connectivity index (χ1) is 15.0. The van der Waals surface area contributed by atoms with E-state index in [0.29, 0.717) is 11.5 Å². The molecule has 31 heavy (non-hydrogen) atoms. The zero-order valence-corrected chi connectivity index (χ0v) is 18.2. The number of piperazine rings is 1. The Balaban J connectivity index is 1.53. The molecule has 4 rings (SSSR count). The Labute approximate surface area is 181 Å². The molecule has 164 valence electrons. The van der Waals surface area contributed by atoms with Gasteiger partial charge in [0, 0.05) is 45.0 Å². The Hall–Kier alpha value is -3.07.